The Hall–Kier alpha value is -9.42. The van der Waals surface area contributed by atoms with Crippen LogP contribution >= 0.6 is 0 Å². The molecule has 0 radical (unpaired) electrons. The number of carbonyl (C=O) groups excluding carboxylic acids is 2. The number of hydrogen-bond donors (Lipinski definition) is 3. The largest absolute Gasteiger partial charge is 0.487 e. The smallest absolute Gasteiger partial charge is 0.251 e. The Labute approximate surface area is 575 Å². The van der Waals surface area contributed by atoms with E-state index in [9.17, 15) is 9.59 Å². The van der Waals surface area contributed by atoms with Crippen LogP contribution in [-0.2, 0) is 77.2 Å². The van der Waals surface area contributed by atoms with E-state index in [0.29, 0.717) is 227 Å². The van der Waals surface area contributed by atoms with Crippen LogP contribution in [-0.4, -0.2) is 200 Å². The Kier molecular flexibility index (Phi) is 30.5. The van der Waals surface area contributed by atoms with Crippen molar-refractivity contribution in [3.63, 3.8) is 0 Å². The molecule has 0 saturated carbocycles. The number of fused-ring (bicyclic) bond motifs is 4. The van der Waals surface area contributed by atoms with Crippen LogP contribution in [0.1, 0.15) is 54.4 Å². The summed E-state index contributed by atoms with van der Waals surface area (Å²) in [6, 6.07) is 41.7. The van der Waals surface area contributed by atoms with Crippen molar-refractivity contribution in [3.05, 3.63) is 191 Å². The van der Waals surface area contributed by atoms with Gasteiger partial charge in [-0.2, -0.15) is 0 Å². The molecule has 3 N–H and O–H groups in total. The number of carbonyl (C=O) groups is 2. The summed E-state index contributed by atoms with van der Waals surface area (Å²) in [5, 5.41) is 26.7. The third-order valence-corrected chi connectivity index (χ3v) is 14.9. The molecule has 2 aliphatic rings. The molecule has 0 fully saturated rings. The maximum atomic E-state index is 13.4. The Bertz CT molecular complexity index is 3420. The van der Waals surface area contributed by atoms with E-state index in [1.165, 1.54) is 0 Å². The molecule has 27 nitrogen and oxygen atoms in total. The first kappa shape index (κ1) is 72.3. The summed E-state index contributed by atoms with van der Waals surface area (Å²) in [6.07, 6.45) is 3.63. The van der Waals surface area contributed by atoms with Gasteiger partial charge in [0.05, 0.1) is 144 Å². The lowest BCUT2D eigenvalue weighted by Crippen LogP contribution is -2.23. The minimum Gasteiger partial charge on any atom is -0.487 e. The average Bonchev–Trinajstić information content (AvgIpc) is 1.92. The molecule has 27 heteroatoms. The summed E-state index contributed by atoms with van der Waals surface area (Å²) in [6.45, 7) is 10.8. The highest BCUT2D eigenvalue weighted by atomic mass is 16.6. The summed E-state index contributed by atoms with van der Waals surface area (Å²) < 4.78 is 96.8. The topological polar surface area (TPSA) is 279 Å². The fourth-order valence-corrected chi connectivity index (χ4v) is 9.90. The summed E-state index contributed by atoms with van der Waals surface area (Å²) in [7, 11) is 0. The third kappa shape index (κ3) is 25.8. The van der Waals surface area contributed by atoms with Crippen LogP contribution in [0.2, 0.25) is 0 Å². The van der Waals surface area contributed by atoms with Gasteiger partial charge in [0, 0.05) is 24.2 Å². The quantitative estimate of drug-likeness (QED) is 0.102. The maximum Gasteiger partial charge on any atom is 0.251 e. The minimum atomic E-state index is -0.314. The van der Waals surface area contributed by atoms with Gasteiger partial charge in [0.25, 0.3) is 11.8 Å². The molecular weight excluding hydrogens is 1280 g/mol. The summed E-state index contributed by atoms with van der Waals surface area (Å²) in [5.74, 6) is 3.64. The molecule has 0 unspecified atom stereocenters. The summed E-state index contributed by atoms with van der Waals surface area (Å²) >= 11 is 0. The first-order chi connectivity index (χ1) is 48.9. The van der Waals surface area contributed by atoms with Crippen molar-refractivity contribution in [1.29, 1.82) is 0 Å². The number of benzene rings is 6. The number of aromatic nitrogens is 6. The zero-order valence-corrected chi connectivity index (χ0v) is 55.6. The second-order valence-corrected chi connectivity index (χ2v) is 22.3. The van der Waals surface area contributed by atoms with Crippen LogP contribution < -0.4 is 53.8 Å². The van der Waals surface area contributed by atoms with Gasteiger partial charge in [0.1, 0.15) is 64.2 Å². The van der Waals surface area contributed by atoms with Crippen molar-refractivity contribution < 1.29 is 85.4 Å². The van der Waals surface area contributed by atoms with Gasteiger partial charge in [0.2, 0.25) is 0 Å². The highest BCUT2D eigenvalue weighted by Gasteiger charge is 2.17. The van der Waals surface area contributed by atoms with Crippen molar-refractivity contribution in [2.24, 2.45) is 0 Å². The van der Waals surface area contributed by atoms with E-state index < -0.39 is 0 Å². The first-order valence-corrected chi connectivity index (χ1v) is 33.3. The second kappa shape index (κ2) is 41.7. The zero-order chi connectivity index (χ0) is 68.0. The van der Waals surface area contributed by atoms with E-state index in [1.54, 1.807) is 45.8 Å². The molecule has 2 aliphatic heterocycles. The molecule has 2 aromatic heterocycles. The Morgan fingerprint density at radius 1 is 0.303 bits per heavy atom. The number of nitrogens with zero attached hydrogens (tertiary/aromatic N) is 6. The highest BCUT2D eigenvalue weighted by Crippen LogP contribution is 2.31. The molecule has 0 spiro atoms. The Balaban J connectivity index is 0.608. The summed E-state index contributed by atoms with van der Waals surface area (Å²) in [5.41, 5.74) is 6.35. The molecule has 0 atom stereocenters. The molecule has 0 saturated heterocycles. The van der Waals surface area contributed by atoms with Gasteiger partial charge in [0.15, 0.2) is 46.0 Å². The molecule has 4 heterocycles. The highest BCUT2D eigenvalue weighted by molar-refractivity contribution is 5.95. The number of ether oxygens (including phenoxy) is 16. The number of para-hydroxylation sites is 4. The first-order valence-electron chi connectivity index (χ1n) is 33.3. The average molecular weight is 1370 g/mol. The van der Waals surface area contributed by atoms with Crippen molar-refractivity contribution >= 4 is 11.8 Å². The van der Waals surface area contributed by atoms with Gasteiger partial charge in [-0.15, -0.1) is 10.2 Å². The van der Waals surface area contributed by atoms with Crippen molar-refractivity contribution in [1.82, 2.24) is 45.9 Å². The van der Waals surface area contributed by atoms with E-state index in [4.69, 9.17) is 75.8 Å². The fourth-order valence-electron chi connectivity index (χ4n) is 9.90. The summed E-state index contributed by atoms with van der Waals surface area (Å²) in [4.78, 5) is 26.9. The minimum absolute atomic E-state index is 0.168. The van der Waals surface area contributed by atoms with E-state index >= 15 is 0 Å². The normalized spacial score (nSPS) is 16.0. The number of hydrogen-bond acceptors (Lipinski definition) is 23. The van der Waals surface area contributed by atoms with Crippen LogP contribution in [0.3, 0.4) is 0 Å². The molecule has 2 amide bonds. The van der Waals surface area contributed by atoms with Crippen LogP contribution in [0.5, 0.6) is 46.0 Å². The van der Waals surface area contributed by atoms with E-state index in [0.717, 1.165) is 22.3 Å². The van der Waals surface area contributed by atoms with Crippen LogP contribution in [0.25, 0.3) is 0 Å². The number of amides is 2. The SMILES string of the molecule is O=C(NCc1cn(Cc2ccc(CNCc3ccc(Cn4cc(CNC(=O)c5ccc6c(c5)OCCOCCOCCOc5ccccc5OCCOCCOCCO6)nn4)cc3)cc2)nn1)c1ccc2c(c1)OCCOCCOCCOc1ccccc1OCCOCCOCCO2. The van der Waals surface area contributed by atoms with E-state index in [2.05, 4.69) is 85.1 Å². The lowest BCUT2D eigenvalue weighted by molar-refractivity contribution is 0.0223. The lowest BCUT2D eigenvalue weighted by Gasteiger charge is -2.15. The van der Waals surface area contributed by atoms with Crippen LogP contribution in [0.15, 0.2) is 146 Å². The van der Waals surface area contributed by atoms with Crippen molar-refractivity contribution in [3.8, 4) is 46.0 Å². The lowest BCUT2D eigenvalue weighted by atomic mass is 10.1. The second-order valence-electron chi connectivity index (χ2n) is 22.3. The number of rotatable bonds is 14. The van der Waals surface area contributed by atoms with E-state index in [-0.39, 0.29) is 51.3 Å². The molecule has 99 heavy (non-hydrogen) atoms. The molecule has 6 aromatic carbocycles. The molecular formula is C72H87N9O18. The van der Waals surface area contributed by atoms with Crippen LogP contribution in [0.4, 0.5) is 0 Å². The van der Waals surface area contributed by atoms with E-state index in [1.807, 2.05) is 60.9 Å². The molecule has 528 valence electrons. The molecule has 8 aromatic rings. The van der Waals surface area contributed by atoms with Gasteiger partial charge in [-0.25, -0.2) is 9.36 Å². The predicted octanol–water partition coefficient (Wildman–Crippen LogP) is 6.71. The monoisotopic (exact) mass is 1370 g/mol. The van der Waals surface area contributed by atoms with Gasteiger partial charge in [-0.1, -0.05) is 83.2 Å². The fraction of sp³-hybridized carbons (Fsp3) is 0.417. The van der Waals surface area contributed by atoms with Crippen molar-refractivity contribution in [2.45, 2.75) is 39.3 Å². The predicted molar refractivity (Wildman–Crippen MR) is 360 cm³/mol. The van der Waals surface area contributed by atoms with Gasteiger partial charge >= 0.3 is 0 Å². The maximum absolute atomic E-state index is 13.4. The molecule has 10 rings (SSSR count). The van der Waals surface area contributed by atoms with Gasteiger partial charge in [-0.3, -0.25) is 9.59 Å². The molecule has 0 bridgehead atoms. The third-order valence-electron chi connectivity index (χ3n) is 14.9. The van der Waals surface area contributed by atoms with Gasteiger partial charge < -0.3 is 91.7 Å². The van der Waals surface area contributed by atoms with Crippen molar-refractivity contribution in [2.75, 3.05) is 159 Å². The van der Waals surface area contributed by atoms with Crippen LogP contribution in [0, 0.1) is 0 Å². The zero-order valence-electron chi connectivity index (χ0n) is 55.6. The standard InChI is InChI=1S/C72H87N9O18/c82-71(59-17-19-67-69(45-59)98-43-35-90-27-25-86-31-39-94-65-7-3-1-5-63(65)92-37-29-84-21-23-88-33-41-96-67)74-49-61-53-80(78-76-61)51-57-13-9-55(10-14-57)47-73-48-56-11-15-58(16-12-56)52-81-54-62(77-79-81)50-75-72(83)60-18-20-68-70(46-60)99-44-36-91-28-26-87-32-40-95-66-8-4-2-6-64(66)93-38-30-85-22-24-89-34-42-97-68/h1-20,45-46,53-54,73H,21-44,47-52H2,(H,74,82)(H,75,83). The Morgan fingerprint density at radius 2 is 0.566 bits per heavy atom. The van der Waals surface area contributed by atoms with Gasteiger partial charge in [-0.05, 0) is 82.9 Å². The Morgan fingerprint density at radius 3 is 0.869 bits per heavy atom. The molecule has 0 aliphatic carbocycles. The number of nitrogens with one attached hydrogen (secondary N) is 3.